The molecule has 0 aliphatic rings. The van der Waals surface area contributed by atoms with Crippen LogP contribution in [0.4, 0.5) is 0 Å². The summed E-state index contributed by atoms with van der Waals surface area (Å²) in [6.07, 6.45) is 20.6. The van der Waals surface area contributed by atoms with E-state index in [4.69, 9.17) is 10.5 Å². The summed E-state index contributed by atoms with van der Waals surface area (Å²) in [7, 11) is 0. The number of unbranched alkanes of at least 4 members (excludes halogenated alkanes) is 14. The Morgan fingerprint density at radius 3 is 1.44 bits per heavy atom. The van der Waals surface area contributed by atoms with Crippen LogP contribution in [0.3, 0.4) is 0 Å². The molecule has 1 unspecified atom stereocenters. The van der Waals surface area contributed by atoms with Crippen LogP contribution >= 0.6 is 0 Å². The van der Waals surface area contributed by atoms with Gasteiger partial charge in [-0.3, -0.25) is 5.73 Å². The van der Waals surface area contributed by atoms with Crippen molar-refractivity contribution in [1.82, 2.24) is 0 Å². The van der Waals surface area contributed by atoms with Crippen molar-refractivity contribution in [1.29, 1.82) is 0 Å². The van der Waals surface area contributed by atoms with E-state index in [0.717, 1.165) is 18.4 Å². The fourth-order valence-corrected chi connectivity index (χ4v) is 3.21. The molecule has 0 aromatic heterocycles. The van der Waals surface area contributed by atoms with Gasteiger partial charge in [-0.15, -0.1) is 0 Å². The summed E-state index contributed by atoms with van der Waals surface area (Å²) in [5, 5.41) is 0. The molecule has 0 fully saturated rings. The van der Waals surface area contributed by atoms with Gasteiger partial charge >= 0.3 is 5.97 Å². The number of esters is 1. The number of allylic oxidation sites excluding steroid dienone is 1. The van der Waals surface area contributed by atoms with Crippen LogP contribution in [0, 0.1) is 0 Å². The molecule has 2 N–H and O–H groups in total. The number of carbonyl (C=O) groups is 1. The first-order valence-corrected chi connectivity index (χ1v) is 11.6. The average molecular weight is 382 g/mol. The molecule has 0 amide bonds. The summed E-state index contributed by atoms with van der Waals surface area (Å²) in [6.45, 7) is 7.89. The minimum Gasteiger partial charge on any atom is -0.443 e. The van der Waals surface area contributed by atoms with Crippen LogP contribution in [0.1, 0.15) is 130 Å². The Balaban J connectivity index is 3.33. The third kappa shape index (κ3) is 17.0. The molecule has 0 saturated heterocycles. The zero-order valence-corrected chi connectivity index (χ0v) is 18.8. The van der Waals surface area contributed by atoms with Gasteiger partial charge in [-0.1, -0.05) is 102 Å². The molecule has 1 atom stereocenters. The predicted molar refractivity (Wildman–Crippen MR) is 118 cm³/mol. The highest BCUT2D eigenvalue weighted by Crippen LogP contribution is 2.14. The van der Waals surface area contributed by atoms with Gasteiger partial charge in [-0.25, -0.2) is 4.79 Å². The van der Waals surface area contributed by atoms with E-state index in [1.54, 1.807) is 6.92 Å². The fourth-order valence-electron chi connectivity index (χ4n) is 3.21. The van der Waals surface area contributed by atoms with E-state index < -0.39 is 6.23 Å². The van der Waals surface area contributed by atoms with Crippen molar-refractivity contribution in [3.05, 3.63) is 11.1 Å². The first kappa shape index (κ1) is 26.2. The summed E-state index contributed by atoms with van der Waals surface area (Å²) in [5.74, 6) is -0.275. The lowest BCUT2D eigenvalue weighted by Crippen LogP contribution is -2.27. The van der Waals surface area contributed by atoms with Crippen LogP contribution in [-0.2, 0) is 9.53 Å². The molecule has 0 aromatic carbocycles. The molecule has 0 radical (unpaired) electrons. The van der Waals surface area contributed by atoms with Gasteiger partial charge in [0, 0.05) is 5.57 Å². The molecule has 0 bridgehead atoms. The van der Waals surface area contributed by atoms with Crippen molar-refractivity contribution in [2.24, 2.45) is 5.73 Å². The van der Waals surface area contributed by atoms with Crippen molar-refractivity contribution in [2.45, 2.75) is 137 Å². The maximum atomic E-state index is 11.8. The molecule has 3 nitrogen and oxygen atoms in total. The molecule has 0 aliphatic carbocycles. The smallest absolute Gasteiger partial charge is 0.335 e. The third-order valence-corrected chi connectivity index (χ3v) is 5.41. The van der Waals surface area contributed by atoms with Gasteiger partial charge in [0.2, 0.25) is 0 Å². The Kier molecular flexibility index (Phi) is 18.0. The summed E-state index contributed by atoms with van der Waals surface area (Å²) in [5.41, 5.74) is 7.55. The van der Waals surface area contributed by atoms with Gasteiger partial charge in [0.25, 0.3) is 0 Å². The highest BCUT2D eigenvalue weighted by molar-refractivity contribution is 5.88. The molecule has 0 aromatic rings. The second-order valence-corrected chi connectivity index (χ2v) is 8.31. The molecule has 0 heterocycles. The van der Waals surface area contributed by atoms with Crippen molar-refractivity contribution in [3.8, 4) is 0 Å². The number of nitrogens with two attached hydrogens (primary N) is 1. The summed E-state index contributed by atoms with van der Waals surface area (Å²) < 4.78 is 5.27. The molecule has 0 spiro atoms. The van der Waals surface area contributed by atoms with Crippen molar-refractivity contribution in [3.63, 3.8) is 0 Å². The molecule has 27 heavy (non-hydrogen) atoms. The van der Waals surface area contributed by atoms with Gasteiger partial charge in [0.05, 0.1) is 0 Å². The topological polar surface area (TPSA) is 52.3 Å². The maximum Gasteiger partial charge on any atom is 0.335 e. The van der Waals surface area contributed by atoms with Crippen molar-refractivity contribution in [2.75, 3.05) is 0 Å². The Labute approximate surface area is 169 Å². The summed E-state index contributed by atoms with van der Waals surface area (Å²) in [4.78, 5) is 11.8. The zero-order valence-electron chi connectivity index (χ0n) is 18.8. The minimum absolute atomic E-state index is 0.275. The van der Waals surface area contributed by atoms with E-state index in [1.807, 2.05) is 13.8 Å². The van der Waals surface area contributed by atoms with Crippen molar-refractivity contribution >= 4 is 5.97 Å². The maximum absolute atomic E-state index is 11.8. The van der Waals surface area contributed by atoms with Crippen LogP contribution < -0.4 is 5.73 Å². The molecule has 3 heteroatoms. The summed E-state index contributed by atoms with van der Waals surface area (Å²) in [6, 6.07) is 0. The monoisotopic (exact) mass is 381 g/mol. The first-order valence-electron chi connectivity index (χ1n) is 11.6. The van der Waals surface area contributed by atoms with Crippen LogP contribution in [0.5, 0.6) is 0 Å². The first-order chi connectivity index (χ1) is 13.0. The lowest BCUT2D eigenvalue weighted by atomic mass is 10.0. The lowest BCUT2D eigenvalue weighted by Gasteiger charge is -2.13. The molecule has 0 aliphatic heterocycles. The summed E-state index contributed by atoms with van der Waals surface area (Å²) >= 11 is 0. The fraction of sp³-hybridized carbons (Fsp3) is 0.875. The number of hydrogen-bond donors (Lipinski definition) is 1. The Bertz CT molecular complexity index is 386. The van der Waals surface area contributed by atoms with Crippen LogP contribution in [-0.4, -0.2) is 12.2 Å². The Hall–Kier alpha value is -0.830. The third-order valence-electron chi connectivity index (χ3n) is 5.41. The molecule has 160 valence electrons. The van der Waals surface area contributed by atoms with Crippen LogP contribution in [0.2, 0.25) is 0 Å². The molecular weight excluding hydrogens is 334 g/mol. The largest absolute Gasteiger partial charge is 0.443 e. The van der Waals surface area contributed by atoms with Gasteiger partial charge in [-0.2, -0.15) is 0 Å². The van der Waals surface area contributed by atoms with E-state index >= 15 is 0 Å². The van der Waals surface area contributed by atoms with Crippen LogP contribution in [0.25, 0.3) is 0 Å². The van der Waals surface area contributed by atoms with Crippen LogP contribution in [0.15, 0.2) is 11.1 Å². The van der Waals surface area contributed by atoms with E-state index in [2.05, 4.69) is 6.92 Å². The number of carbonyl (C=O) groups excluding carboxylic acids is 1. The van der Waals surface area contributed by atoms with Gasteiger partial charge in [-0.05, 0) is 33.6 Å². The second kappa shape index (κ2) is 18.5. The van der Waals surface area contributed by atoms with E-state index in [0.29, 0.717) is 5.57 Å². The molecule has 0 saturated carbocycles. The highest BCUT2D eigenvalue weighted by Gasteiger charge is 2.12. The number of hydrogen-bond acceptors (Lipinski definition) is 3. The van der Waals surface area contributed by atoms with Crippen molar-refractivity contribution < 1.29 is 9.53 Å². The van der Waals surface area contributed by atoms with Gasteiger partial charge in [0.15, 0.2) is 6.23 Å². The van der Waals surface area contributed by atoms with E-state index in [-0.39, 0.29) is 5.97 Å². The van der Waals surface area contributed by atoms with E-state index in [1.165, 1.54) is 89.9 Å². The normalized spacial score (nSPS) is 12.0. The van der Waals surface area contributed by atoms with Gasteiger partial charge < -0.3 is 4.74 Å². The lowest BCUT2D eigenvalue weighted by molar-refractivity contribution is -0.144. The molecular formula is C24H47NO2. The number of ether oxygens (including phenoxy) is 1. The SMILES string of the molecule is CCCCCCCCCCCCCCCCCC(N)OC(=O)C(C)=C(C)C. The Morgan fingerprint density at radius 1 is 0.704 bits per heavy atom. The molecule has 0 rings (SSSR count). The average Bonchev–Trinajstić information content (AvgIpc) is 2.64. The quantitative estimate of drug-likeness (QED) is 0.116. The highest BCUT2D eigenvalue weighted by atomic mass is 16.6. The predicted octanol–water partition coefficient (Wildman–Crippen LogP) is 7.43. The standard InChI is InChI=1S/C24H47NO2/c1-5-6-7-8-9-10-11-12-13-14-15-16-17-18-19-20-23(25)27-24(26)22(4)21(2)3/h23H,5-20,25H2,1-4H3. The minimum atomic E-state index is -0.464. The second-order valence-electron chi connectivity index (χ2n) is 8.31. The van der Waals surface area contributed by atoms with Gasteiger partial charge in [0.1, 0.15) is 0 Å². The Morgan fingerprint density at radius 2 is 1.07 bits per heavy atom. The number of rotatable bonds is 18. The van der Waals surface area contributed by atoms with E-state index in [9.17, 15) is 4.79 Å². The zero-order chi connectivity index (χ0) is 20.3.